The van der Waals surface area contributed by atoms with E-state index in [1.807, 2.05) is 25.1 Å². The molecule has 0 spiro atoms. The molecule has 0 radical (unpaired) electrons. The number of carbonyl (C=O) groups is 1. The van der Waals surface area contributed by atoms with Gasteiger partial charge in [0.1, 0.15) is 0 Å². The molecule has 0 unspecified atom stereocenters. The van der Waals surface area contributed by atoms with Gasteiger partial charge in [0.05, 0.1) is 0 Å². The molecule has 0 heterocycles. The molecule has 110 valence electrons. The van der Waals surface area contributed by atoms with Gasteiger partial charge in [-0.15, -0.1) is 0 Å². The molecule has 1 amide bonds. The van der Waals surface area contributed by atoms with Crippen molar-refractivity contribution in [3.63, 3.8) is 0 Å². The largest absolute Gasteiger partial charge is 0.398 e. The second kappa shape index (κ2) is 6.75. The maximum Gasteiger partial charge on any atom is 0.224 e. The van der Waals surface area contributed by atoms with Crippen LogP contribution in [0.4, 0.5) is 11.4 Å². The standard InChI is InChI=1S/C16H25N3O/c1-3-19(13-9-10-13)11-5-8-16(20)18-15-7-4-6-14(17)12(15)2/h4,6-7,13H,3,5,8-11,17H2,1-2H3,(H,18,20). The lowest BCUT2D eigenvalue weighted by molar-refractivity contribution is -0.116. The van der Waals surface area contributed by atoms with Gasteiger partial charge < -0.3 is 16.0 Å². The van der Waals surface area contributed by atoms with Crippen LogP contribution >= 0.6 is 0 Å². The first kappa shape index (κ1) is 14.9. The zero-order valence-electron chi connectivity index (χ0n) is 12.5. The monoisotopic (exact) mass is 275 g/mol. The Morgan fingerprint density at radius 2 is 2.20 bits per heavy atom. The summed E-state index contributed by atoms with van der Waals surface area (Å²) in [6.45, 7) is 6.22. The van der Waals surface area contributed by atoms with Crippen molar-refractivity contribution in [3.8, 4) is 0 Å². The summed E-state index contributed by atoms with van der Waals surface area (Å²) in [6.07, 6.45) is 4.13. The predicted octanol–water partition coefficient (Wildman–Crippen LogP) is 2.78. The molecule has 0 saturated heterocycles. The van der Waals surface area contributed by atoms with Crippen LogP contribution in [0.25, 0.3) is 0 Å². The summed E-state index contributed by atoms with van der Waals surface area (Å²) < 4.78 is 0. The quantitative estimate of drug-likeness (QED) is 0.752. The molecule has 4 heteroatoms. The van der Waals surface area contributed by atoms with Crippen molar-refractivity contribution in [3.05, 3.63) is 23.8 Å². The molecule has 20 heavy (non-hydrogen) atoms. The molecule has 0 aliphatic heterocycles. The smallest absolute Gasteiger partial charge is 0.224 e. The Bertz CT molecular complexity index is 469. The molecule has 1 saturated carbocycles. The molecule has 2 rings (SSSR count). The molecule has 0 aromatic heterocycles. The molecule has 1 aliphatic carbocycles. The average Bonchev–Trinajstić information content (AvgIpc) is 3.24. The summed E-state index contributed by atoms with van der Waals surface area (Å²) >= 11 is 0. The second-order valence-corrected chi connectivity index (χ2v) is 5.53. The van der Waals surface area contributed by atoms with E-state index in [-0.39, 0.29) is 5.91 Å². The van der Waals surface area contributed by atoms with Gasteiger partial charge in [-0.1, -0.05) is 13.0 Å². The number of hydrogen-bond acceptors (Lipinski definition) is 3. The predicted molar refractivity (Wildman–Crippen MR) is 83.7 cm³/mol. The third kappa shape index (κ3) is 3.97. The average molecular weight is 275 g/mol. The summed E-state index contributed by atoms with van der Waals surface area (Å²) in [5.74, 6) is 0.0746. The lowest BCUT2D eigenvalue weighted by Crippen LogP contribution is -2.27. The van der Waals surface area contributed by atoms with E-state index in [2.05, 4.69) is 17.1 Å². The fourth-order valence-corrected chi connectivity index (χ4v) is 2.48. The van der Waals surface area contributed by atoms with E-state index in [1.165, 1.54) is 12.8 Å². The molecule has 0 bridgehead atoms. The van der Waals surface area contributed by atoms with Crippen LogP contribution < -0.4 is 11.1 Å². The van der Waals surface area contributed by atoms with E-state index in [0.717, 1.165) is 36.8 Å². The number of anilines is 2. The highest BCUT2D eigenvalue weighted by Gasteiger charge is 2.27. The van der Waals surface area contributed by atoms with Gasteiger partial charge >= 0.3 is 0 Å². The van der Waals surface area contributed by atoms with Crippen LogP contribution in [0.1, 0.15) is 38.2 Å². The minimum atomic E-state index is 0.0746. The molecule has 0 atom stereocenters. The normalized spacial score (nSPS) is 14.6. The van der Waals surface area contributed by atoms with Crippen LogP contribution in [0.3, 0.4) is 0 Å². The number of rotatable bonds is 7. The number of nitrogens with one attached hydrogen (secondary N) is 1. The third-order valence-corrected chi connectivity index (χ3v) is 3.97. The molecule has 1 aliphatic rings. The van der Waals surface area contributed by atoms with Crippen molar-refractivity contribution in [2.24, 2.45) is 0 Å². The van der Waals surface area contributed by atoms with Gasteiger partial charge in [0.2, 0.25) is 5.91 Å². The fourth-order valence-electron chi connectivity index (χ4n) is 2.48. The summed E-state index contributed by atoms with van der Waals surface area (Å²) in [5, 5.41) is 2.95. The summed E-state index contributed by atoms with van der Waals surface area (Å²) in [5.41, 5.74) is 8.32. The zero-order valence-corrected chi connectivity index (χ0v) is 12.5. The number of nitrogens with two attached hydrogens (primary N) is 1. The van der Waals surface area contributed by atoms with Gasteiger partial charge in [0.15, 0.2) is 0 Å². The Labute approximate surface area is 121 Å². The first-order valence-electron chi connectivity index (χ1n) is 7.50. The fraction of sp³-hybridized carbons (Fsp3) is 0.562. The van der Waals surface area contributed by atoms with Crippen LogP contribution in [0.5, 0.6) is 0 Å². The van der Waals surface area contributed by atoms with E-state index in [1.54, 1.807) is 0 Å². The Morgan fingerprint density at radius 3 is 2.85 bits per heavy atom. The van der Waals surface area contributed by atoms with Gasteiger partial charge in [-0.25, -0.2) is 0 Å². The molecular formula is C16H25N3O. The lowest BCUT2D eigenvalue weighted by atomic mass is 10.1. The first-order chi connectivity index (χ1) is 9.61. The number of amides is 1. The van der Waals surface area contributed by atoms with Gasteiger partial charge in [-0.2, -0.15) is 0 Å². The Kier molecular flexibility index (Phi) is 5.01. The van der Waals surface area contributed by atoms with Crippen LogP contribution in [-0.2, 0) is 4.79 Å². The van der Waals surface area contributed by atoms with E-state index >= 15 is 0 Å². The summed E-state index contributed by atoms with van der Waals surface area (Å²) in [6, 6.07) is 6.38. The van der Waals surface area contributed by atoms with Crippen molar-refractivity contribution in [1.29, 1.82) is 0 Å². The Morgan fingerprint density at radius 1 is 1.45 bits per heavy atom. The highest BCUT2D eigenvalue weighted by molar-refractivity contribution is 5.92. The lowest BCUT2D eigenvalue weighted by Gasteiger charge is -2.19. The van der Waals surface area contributed by atoms with Crippen molar-refractivity contribution in [2.75, 3.05) is 24.1 Å². The Balaban J connectivity index is 1.76. The SMILES string of the molecule is CCN(CCCC(=O)Nc1cccc(N)c1C)C1CC1. The first-order valence-corrected chi connectivity index (χ1v) is 7.50. The highest BCUT2D eigenvalue weighted by atomic mass is 16.1. The van der Waals surface area contributed by atoms with Crippen molar-refractivity contribution in [1.82, 2.24) is 4.90 Å². The van der Waals surface area contributed by atoms with E-state index in [0.29, 0.717) is 12.1 Å². The summed E-state index contributed by atoms with van der Waals surface area (Å²) in [4.78, 5) is 14.4. The second-order valence-electron chi connectivity index (χ2n) is 5.53. The maximum atomic E-state index is 12.0. The minimum absolute atomic E-state index is 0.0746. The van der Waals surface area contributed by atoms with Crippen LogP contribution in [0, 0.1) is 6.92 Å². The number of benzene rings is 1. The third-order valence-electron chi connectivity index (χ3n) is 3.97. The number of carbonyl (C=O) groups excluding carboxylic acids is 1. The molecule has 1 aromatic rings. The van der Waals surface area contributed by atoms with Crippen LogP contribution in [0.2, 0.25) is 0 Å². The van der Waals surface area contributed by atoms with Crippen molar-refractivity contribution >= 4 is 17.3 Å². The van der Waals surface area contributed by atoms with Crippen molar-refractivity contribution < 1.29 is 4.79 Å². The van der Waals surface area contributed by atoms with Gasteiger partial charge in [0.25, 0.3) is 0 Å². The van der Waals surface area contributed by atoms with Crippen LogP contribution in [-0.4, -0.2) is 29.9 Å². The minimum Gasteiger partial charge on any atom is -0.398 e. The molecule has 4 nitrogen and oxygen atoms in total. The van der Waals surface area contributed by atoms with E-state index in [9.17, 15) is 4.79 Å². The number of nitrogen functional groups attached to an aromatic ring is 1. The van der Waals surface area contributed by atoms with Gasteiger partial charge in [-0.05, 0) is 57.0 Å². The number of nitrogens with zero attached hydrogens (tertiary/aromatic N) is 1. The van der Waals surface area contributed by atoms with Crippen LogP contribution in [0.15, 0.2) is 18.2 Å². The maximum absolute atomic E-state index is 12.0. The van der Waals surface area contributed by atoms with Gasteiger partial charge in [0, 0.05) is 23.8 Å². The topological polar surface area (TPSA) is 58.4 Å². The van der Waals surface area contributed by atoms with Crippen molar-refractivity contribution in [2.45, 2.75) is 45.6 Å². The molecular weight excluding hydrogens is 250 g/mol. The zero-order chi connectivity index (χ0) is 14.5. The molecule has 1 aromatic carbocycles. The molecule has 1 fully saturated rings. The molecule has 3 N–H and O–H groups in total. The Hall–Kier alpha value is -1.55. The number of hydrogen-bond donors (Lipinski definition) is 2. The summed E-state index contributed by atoms with van der Waals surface area (Å²) in [7, 11) is 0. The van der Waals surface area contributed by atoms with E-state index < -0.39 is 0 Å². The van der Waals surface area contributed by atoms with E-state index in [4.69, 9.17) is 5.73 Å². The highest BCUT2D eigenvalue weighted by Crippen LogP contribution is 2.26. The van der Waals surface area contributed by atoms with Gasteiger partial charge in [-0.3, -0.25) is 4.79 Å².